The molecule has 0 unspecified atom stereocenters. The maximum atomic E-state index is 13.6. The van der Waals surface area contributed by atoms with Crippen molar-refractivity contribution in [2.75, 3.05) is 18.4 Å². The number of rotatable bonds is 6. The van der Waals surface area contributed by atoms with Crippen molar-refractivity contribution in [2.45, 2.75) is 44.6 Å². The van der Waals surface area contributed by atoms with Gasteiger partial charge in [-0.25, -0.2) is 17.2 Å². The molecule has 1 saturated heterocycles. The fraction of sp³-hybridized carbons (Fsp3) is 0.444. The van der Waals surface area contributed by atoms with Crippen LogP contribution >= 0.6 is 0 Å². The third kappa shape index (κ3) is 4.07. The van der Waals surface area contributed by atoms with Crippen LogP contribution in [-0.2, 0) is 21.4 Å². The molecular formula is C18H22F2N4O3S. The topological polar surface area (TPSA) is 84.3 Å². The molecule has 1 aliphatic rings. The summed E-state index contributed by atoms with van der Waals surface area (Å²) in [6, 6.07) is 2.88. The lowest BCUT2D eigenvalue weighted by Gasteiger charge is -2.15. The molecule has 1 fully saturated rings. The lowest BCUT2D eigenvalue weighted by molar-refractivity contribution is -0.116. The number of nitrogens with zero attached hydrogens (tertiary/aromatic N) is 3. The Kier molecular flexibility index (Phi) is 5.80. The number of carbonyl (C=O) groups is 1. The molecule has 28 heavy (non-hydrogen) atoms. The van der Waals surface area contributed by atoms with Crippen LogP contribution in [0.1, 0.15) is 30.7 Å². The van der Waals surface area contributed by atoms with E-state index in [4.69, 9.17) is 0 Å². The van der Waals surface area contributed by atoms with Gasteiger partial charge in [0.25, 0.3) is 0 Å². The van der Waals surface area contributed by atoms with Crippen LogP contribution < -0.4 is 5.32 Å². The third-order valence-corrected chi connectivity index (χ3v) is 6.89. The summed E-state index contributed by atoms with van der Waals surface area (Å²) >= 11 is 0. The summed E-state index contributed by atoms with van der Waals surface area (Å²) in [6.45, 7) is 4.41. The molecule has 7 nitrogen and oxygen atoms in total. The molecule has 1 aliphatic heterocycles. The van der Waals surface area contributed by atoms with Crippen molar-refractivity contribution >= 4 is 21.6 Å². The Balaban J connectivity index is 1.70. The Bertz CT molecular complexity index is 998. The Morgan fingerprint density at radius 1 is 1.21 bits per heavy atom. The van der Waals surface area contributed by atoms with Gasteiger partial charge < -0.3 is 5.32 Å². The van der Waals surface area contributed by atoms with Gasteiger partial charge in [0.1, 0.15) is 16.5 Å². The molecule has 0 aliphatic carbocycles. The molecule has 0 saturated carbocycles. The quantitative estimate of drug-likeness (QED) is 0.790. The Morgan fingerprint density at radius 2 is 1.89 bits per heavy atom. The van der Waals surface area contributed by atoms with Gasteiger partial charge in [-0.05, 0) is 38.8 Å². The third-order valence-electron chi connectivity index (χ3n) is 4.73. The van der Waals surface area contributed by atoms with Crippen LogP contribution in [0.2, 0.25) is 0 Å². The van der Waals surface area contributed by atoms with Crippen LogP contribution in [0.5, 0.6) is 0 Å². The predicted octanol–water partition coefficient (Wildman–Crippen LogP) is 2.59. The van der Waals surface area contributed by atoms with Crippen LogP contribution in [0, 0.1) is 25.5 Å². The first kappa shape index (κ1) is 20.4. The van der Waals surface area contributed by atoms with E-state index >= 15 is 0 Å². The molecule has 0 atom stereocenters. The summed E-state index contributed by atoms with van der Waals surface area (Å²) in [7, 11) is -3.61. The van der Waals surface area contributed by atoms with Gasteiger partial charge in [-0.1, -0.05) is 0 Å². The Labute approximate surface area is 162 Å². The van der Waals surface area contributed by atoms with Gasteiger partial charge in [-0.15, -0.1) is 0 Å². The highest BCUT2D eigenvalue weighted by Crippen LogP contribution is 2.26. The van der Waals surface area contributed by atoms with E-state index in [-0.39, 0.29) is 23.5 Å². The molecule has 1 aromatic heterocycles. The number of anilines is 1. The van der Waals surface area contributed by atoms with Crippen molar-refractivity contribution in [3.63, 3.8) is 0 Å². The minimum Gasteiger partial charge on any atom is -0.324 e. The van der Waals surface area contributed by atoms with E-state index < -0.39 is 27.6 Å². The summed E-state index contributed by atoms with van der Waals surface area (Å²) in [5.41, 5.74) is 0.733. The normalized spacial score (nSPS) is 15.1. The van der Waals surface area contributed by atoms with Gasteiger partial charge >= 0.3 is 0 Å². The fourth-order valence-corrected chi connectivity index (χ4v) is 5.23. The number of sulfonamides is 1. The molecular weight excluding hydrogens is 390 g/mol. The maximum Gasteiger partial charge on any atom is 0.246 e. The molecule has 2 aromatic rings. The van der Waals surface area contributed by atoms with Crippen LogP contribution in [0.3, 0.4) is 0 Å². The number of hydrogen-bond donors (Lipinski definition) is 1. The van der Waals surface area contributed by atoms with E-state index in [1.54, 1.807) is 13.8 Å². The predicted molar refractivity (Wildman–Crippen MR) is 99.3 cm³/mol. The number of amides is 1. The van der Waals surface area contributed by atoms with Gasteiger partial charge in [0, 0.05) is 25.6 Å². The summed E-state index contributed by atoms with van der Waals surface area (Å²) in [5, 5.41) is 6.64. The van der Waals surface area contributed by atoms with Crippen LogP contribution in [0.25, 0.3) is 0 Å². The number of halogens is 2. The molecule has 2 heterocycles. The Morgan fingerprint density at radius 3 is 2.54 bits per heavy atom. The lowest BCUT2D eigenvalue weighted by atomic mass is 10.3. The van der Waals surface area contributed by atoms with E-state index in [0.717, 1.165) is 25.0 Å². The average Bonchev–Trinajstić information content (AvgIpc) is 3.24. The van der Waals surface area contributed by atoms with Gasteiger partial charge in [0.2, 0.25) is 15.9 Å². The van der Waals surface area contributed by atoms with E-state index in [1.165, 1.54) is 8.99 Å². The number of nitrogens with one attached hydrogen (secondary N) is 1. The van der Waals surface area contributed by atoms with Gasteiger partial charge in [-0.3, -0.25) is 9.48 Å². The number of aryl methyl sites for hydroxylation is 2. The highest BCUT2D eigenvalue weighted by Gasteiger charge is 2.32. The fourth-order valence-electron chi connectivity index (χ4n) is 3.34. The van der Waals surface area contributed by atoms with Crippen molar-refractivity contribution < 1.29 is 22.0 Å². The second-order valence-electron chi connectivity index (χ2n) is 6.76. The molecule has 1 amide bonds. The van der Waals surface area contributed by atoms with E-state index in [0.29, 0.717) is 30.5 Å². The largest absolute Gasteiger partial charge is 0.324 e. The second-order valence-corrected chi connectivity index (χ2v) is 8.63. The zero-order valence-corrected chi connectivity index (χ0v) is 16.5. The number of carbonyl (C=O) groups excluding carboxylic acids is 1. The standard InChI is InChI=1S/C18H22F2N4O3S/c1-12-18(28(26,27)23-8-3-4-9-23)13(2)24(22-12)10-7-17(25)21-16-6-5-14(19)11-15(16)20/h5-6,11H,3-4,7-10H2,1-2H3,(H,21,25). The molecule has 1 N–H and O–H groups in total. The van der Waals surface area contributed by atoms with Crippen LogP contribution in [0.4, 0.5) is 14.5 Å². The maximum absolute atomic E-state index is 13.6. The zero-order valence-electron chi connectivity index (χ0n) is 15.7. The van der Waals surface area contributed by atoms with Gasteiger partial charge in [-0.2, -0.15) is 9.40 Å². The van der Waals surface area contributed by atoms with Crippen LogP contribution in [0.15, 0.2) is 23.1 Å². The first-order valence-corrected chi connectivity index (χ1v) is 10.4. The first-order chi connectivity index (χ1) is 13.2. The molecule has 3 rings (SSSR count). The van der Waals surface area contributed by atoms with E-state index in [2.05, 4.69) is 10.4 Å². The summed E-state index contributed by atoms with van der Waals surface area (Å²) in [4.78, 5) is 12.3. The highest BCUT2D eigenvalue weighted by molar-refractivity contribution is 7.89. The summed E-state index contributed by atoms with van der Waals surface area (Å²) in [6.07, 6.45) is 1.64. The van der Waals surface area contributed by atoms with E-state index in [9.17, 15) is 22.0 Å². The molecule has 1 aromatic carbocycles. The summed E-state index contributed by atoms with van der Waals surface area (Å²) in [5.74, 6) is -2.08. The minimum atomic E-state index is -3.61. The first-order valence-electron chi connectivity index (χ1n) is 8.99. The zero-order chi connectivity index (χ0) is 20.5. The molecule has 0 bridgehead atoms. The number of hydrogen-bond acceptors (Lipinski definition) is 4. The lowest BCUT2D eigenvalue weighted by Crippen LogP contribution is -2.28. The van der Waals surface area contributed by atoms with E-state index in [1.807, 2.05) is 0 Å². The molecule has 10 heteroatoms. The van der Waals surface area contributed by atoms with Gasteiger partial charge in [0.15, 0.2) is 0 Å². The smallest absolute Gasteiger partial charge is 0.246 e. The molecule has 152 valence electrons. The van der Waals surface area contributed by atoms with Crippen molar-refractivity contribution in [3.8, 4) is 0 Å². The number of aromatic nitrogens is 2. The van der Waals surface area contributed by atoms with Gasteiger partial charge in [0.05, 0.1) is 23.6 Å². The molecule has 0 radical (unpaired) electrons. The van der Waals surface area contributed by atoms with Crippen LogP contribution in [-0.4, -0.2) is 41.5 Å². The average molecular weight is 412 g/mol. The number of benzene rings is 1. The second kappa shape index (κ2) is 7.96. The summed E-state index contributed by atoms with van der Waals surface area (Å²) < 4.78 is 55.2. The monoisotopic (exact) mass is 412 g/mol. The van der Waals surface area contributed by atoms with Crippen molar-refractivity contribution in [3.05, 3.63) is 41.2 Å². The Hall–Kier alpha value is -2.33. The van der Waals surface area contributed by atoms with Crippen molar-refractivity contribution in [1.29, 1.82) is 0 Å². The highest BCUT2D eigenvalue weighted by atomic mass is 32.2. The van der Waals surface area contributed by atoms with Crippen molar-refractivity contribution in [2.24, 2.45) is 0 Å². The van der Waals surface area contributed by atoms with Crippen molar-refractivity contribution in [1.82, 2.24) is 14.1 Å². The minimum absolute atomic E-state index is 0.0397. The molecule has 0 spiro atoms. The SMILES string of the molecule is Cc1nn(CCC(=O)Nc2ccc(F)cc2F)c(C)c1S(=O)(=O)N1CCCC1.